The van der Waals surface area contributed by atoms with Crippen molar-refractivity contribution < 1.29 is 9.90 Å². The zero-order valence-electron chi connectivity index (χ0n) is 12.9. The van der Waals surface area contributed by atoms with Crippen molar-refractivity contribution in [1.29, 1.82) is 0 Å². The second-order valence-electron chi connectivity index (χ2n) is 5.68. The highest BCUT2D eigenvalue weighted by molar-refractivity contribution is 5.77. The van der Waals surface area contributed by atoms with Crippen molar-refractivity contribution in [3.05, 3.63) is 66.0 Å². The number of pyridine rings is 1. The molecule has 0 spiro atoms. The Morgan fingerprint density at radius 2 is 1.82 bits per heavy atom. The summed E-state index contributed by atoms with van der Waals surface area (Å²) in [6, 6.07) is 15.0. The lowest BCUT2D eigenvalue weighted by molar-refractivity contribution is -0.124. The van der Waals surface area contributed by atoms with Crippen LogP contribution in [0.4, 0.5) is 0 Å². The van der Waals surface area contributed by atoms with Gasteiger partial charge in [0.15, 0.2) is 0 Å². The predicted octanol–water partition coefficient (Wildman–Crippen LogP) is 2.69. The number of aromatic nitrogens is 1. The van der Waals surface area contributed by atoms with Crippen LogP contribution < -0.4 is 5.32 Å². The monoisotopic (exact) mass is 298 g/mol. The minimum Gasteiger partial charge on any atom is -0.392 e. The van der Waals surface area contributed by atoms with Crippen molar-refractivity contribution >= 4 is 5.91 Å². The van der Waals surface area contributed by atoms with Gasteiger partial charge in [-0.1, -0.05) is 50.2 Å². The fraction of sp³-hybridized carbons (Fsp3) is 0.333. The summed E-state index contributed by atoms with van der Waals surface area (Å²) in [6.07, 6.45) is 1.16. The third-order valence-corrected chi connectivity index (χ3v) is 3.59. The van der Waals surface area contributed by atoms with E-state index in [1.807, 2.05) is 62.4 Å². The molecule has 0 fully saturated rings. The number of aliphatic hydroxyl groups is 1. The molecule has 116 valence electrons. The zero-order chi connectivity index (χ0) is 15.9. The van der Waals surface area contributed by atoms with E-state index in [4.69, 9.17) is 0 Å². The van der Waals surface area contributed by atoms with E-state index < -0.39 is 6.10 Å². The molecule has 0 aliphatic rings. The van der Waals surface area contributed by atoms with Gasteiger partial charge < -0.3 is 10.4 Å². The largest absolute Gasteiger partial charge is 0.392 e. The lowest BCUT2D eigenvalue weighted by atomic mass is 10.0. The molecule has 0 saturated carbocycles. The lowest BCUT2D eigenvalue weighted by Crippen LogP contribution is -2.33. The molecule has 0 saturated heterocycles. The van der Waals surface area contributed by atoms with Gasteiger partial charge in [-0.05, 0) is 23.6 Å². The molecule has 4 heteroatoms. The Morgan fingerprint density at radius 3 is 2.41 bits per heavy atom. The van der Waals surface area contributed by atoms with E-state index in [2.05, 4.69) is 10.3 Å². The molecule has 22 heavy (non-hydrogen) atoms. The van der Waals surface area contributed by atoms with Gasteiger partial charge in [0.1, 0.15) is 0 Å². The van der Waals surface area contributed by atoms with Gasteiger partial charge in [-0.3, -0.25) is 9.78 Å². The van der Waals surface area contributed by atoms with Crippen LogP contribution >= 0.6 is 0 Å². The van der Waals surface area contributed by atoms with Gasteiger partial charge in [-0.15, -0.1) is 0 Å². The highest BCUT2D eigenvalue weighted by Crippen LogP contribution is 2.20. The van der Waals surface area contributed by atoms with E-state index in [9.17, 15) is 9.90 Å². The molecular formula is C18H22N2O2. The normalized spacial score (nSPS) is 13.6. The Labute approximate surface area is 131 Å². The van der Waals surface area contributed by atoms with Crippen molar-refractivity contribution in [2.24, 2.45) is 5.92 Å². The first-order valence-electron chi connectivity index (χ1n) is 7.51. The van der Waals surface area contributed by atoms with E-state index in [1.54, 1.807) is 6.20 Å². The van der Waals surface area contributed by atoms with Gasteiger partial charge in [0, 0.05) is 6.20 Å². The number of amides is 1. The van der Waals surface area contributed by atoms with Crippen LogP contribution in [0.5, 0.6) is 0 Å². The number of nitrogens with one attached hydrogen (secondary N) is 1. The van der Waals surface area contributed by atoms with Gasteiger partial charge in [0.2, 0.25) is 5.91 Å². The predicted molar refractivity (Wildman–Crippen MR) is 86.1 cm³/mol. The van der Waals surface area contributed by atoms with Gasteiger partial charge in [-0.25, -0.2) is 0 Å². The summed E-state index contributed by atoms with van der Waals surface area (Å²) in [5.41, 5.74) is 1.75. The average molecular weight is 298 g/mol. The molecule has 0 bridgehead atoms. The lowest BCUT2D eigenvalue weighted by Gasteiger charge is -2.21. The number of hydrogen-bond donors (Lipinski definition) is 2. The number of rotatable bonds is 6. The minimum atomic E-state index is -0.639. The highest BCUT2D eigenvalue weighted by Gasteiger charge is 2.20. The summed E-state index contributed by atoms with van der Waals surface area (Å²) >= 11 is 0. The summed E-state index contributed by atoms with van der Waals surface area (Å²) in [5, 5.41) is 12.8. The molecule has 1 amide bonds. The number of benzene rings is 1. The summed E-state index contributed by atoms with van der Waals surface area (Å²) in [4.78, 5) is 16.6. The average Bonchev–Trinajstić information content (AvgIpc) is 2.54. The number of aliphatic hydroxyl groups excluding tert-OH is 1. The SMILES string of the molecule is CC(C)C(O)CC(=O)NC(c1ccccc1)c1ccccn1. The van der Waals surface area contributed by atoms with Crippen molar-refractivity contribution in [3.63, 3.8) is 0 Å². The fourth-order valence-corrected chi connectivity index (χ4v) is 2.17. The molecule has 1 aromatic carbocycles. The number of carbonyl (C=O) groups is 1. The Bertz CT molecular complexity index is 545. The maximum absolute atomic E-state index is 12.2. The second kappa shape index (κ2) is 7.71. The molecule has 2 aromatic rings. The highest BCUT2D eigenvalue weighted by atomic mass is 16.3. The van der Waals surface area contributed by atoms with Crippen LogP contribution in [0.25, 0.3) is 0 Å². The van der Waals surface area contributed by atoms with E-state index in [-0.39, 0.29) is 24.3 Å². The number of hydrogen-bond acceptors (Lipinski definition) is 3. The maximum atomic E-state index is 12.2. The van der Waals surface area contributed by atoms with Gasteiger partial charge >= 0.3 is 0 Å². The fourth-order valence-electron chi connectivity index (χ4n) is 2.17. The first-order valence-corrected chi connectivity index (χ1v) is 7.51. The minimum absolute atomic E-state index is 0.0516. The van der Waals surface area contributed by atoms with Crippen LogP contribution in [0.3, 0.4) is 0 Å². The van der Waals surface area contributed by atoms with Crippen molar-refractivity contribution in [2.45, 2.75) is 32.4 Å². The summed E-state index contributed by atoms with van der Waals surface area (Å²) in [7, 11) is 0. The van der Waals surface area contributed by atoms with Crippen LogP contribution in [0, 0.1) is 5.92 Å². The van der Waals surface area contributed by atoms with Gasteiger partial charge in [0.25, 0.3) is 0 Å². The summed E-state index contributed by atoms with van der Waals surface area (Å²) in [5.74, 6) is -0.128. The first-order chi connectivity index (χ1) is 10.6. The molecule has 1 heterocycles. The van der Waals surface area contributed by atoms with Crippen LogP contribution in [-0.4, -0.2) is 22.1 Å². The Hall–Kier alpha value is -2.20. The molecule has 2 atom stereocenters. The van der Waals surface area contributed by atoms with Crippen molar-refractivity contribution in [1.82, 2.24) is 10.3 Å². The first kappa shape index (κ1) is 16.2. The molecule has 4 nitrogen and oxygen atoms in total. The molecule has 0 radical (unpaired) electrons. The topological polar surface area (TPSA) is 62.2 Å². The zero-order valence-corrected chi connectivity index (χ0v) is 12.9. The Kier molecular flexibility index (Phi) is 5.67. The maximum Gasteiger partial charge on any atom is 0.223 e. The van der Waals surface area contributed by atoms with E-state index in [1.165, 1.54) is 0 Å². The van der Waals surface area contributed by atoms with Crippen LogP contribution in [0.2, 0.25) is 0 Å². The molecule has 2 rings (SSSR count). The number of nitrogens with zero attached hydrogens (tertiary/aromatic N) is 1. The molecule has 2 N–H and O–H groups in total. The van der Waals surface area contributed by atoms with Crippen LogP contribution in [-0.2, 0) is 4.79 Å². The molecule has 0 aliphatic heterocycles. The standard InChI is InChI=1S/C18H22N2O2/c1-13(2)16(21)12-17(22)20-18(14-8-4-3-5-9-14)15-10-6-7-11-19-15/h3-11,13,16,18,21H,12H2,1-2H3,(H,20,22). The molecular weight excluding hydrogens is 276 g/mol. The number of carbonyl (C=O) groups excluding carboxylic acids is 1. The Balaban J connectivity index is 2.18. The second-order valence-corrected chi connectivity index (χ2v) is 5.68. The van der Waals surface area contributed by atoms with Gasteiger partial charge in [0.05, 0.1) is 24.3 Å². The smallest absolute Gasteiger partial charge is 0.223 e. The molecule has 1 aromatic heterocycles. The Morgan fingerprint density at radius 1 is 1.14 bits per heavy atom. The summed E-state index contributed by atoms with van der Waals surface area (Å²) in [6.45, 7) is 3.79. The summed E-state index contributed by atoms with van der Waals surface area (Å²) < 4.78 is 0. The van der Waals surface area contributed by atoms with Crippen molar-refractivity contribution in [3.8, 4) is 0 Å². The molecule has 2 unspecified atom stereocenters. The van der Waals surface area contributed by atoms with Crippen LogP contribution in [0.15, 0.2) is 54.7 Å². The quantitative estimate of drug-likeness (QED) is 0.862. The van der Waals surface area contributed by atoms with Gasteiger partial charge in [-0.2, -0.15) is 0 Å². The third kappa shape index (κ3) is 4.40. The van der Waals surface area contributed by atoms with E-state index in [0.717, 1.165) is 11.3 Å². The van der Waals surface area contributed by atoms with E-state index in [0.29, 0.717) is 0 Å². The third-order valence-electron chi connectivity index (χ3n) is 3.59. The van der Waals surface area contributed by atoms with Crippen molar-refractivity contribution in [2.75, 3.05) is 0 Å². The molecule has 0 aliphatic carbocycles. The van der Waals surface area contributed by atoms with E-state index >= 15 is 0 Å². The van der Waals surface area contributed by atoms with Crippen LogP contribution in [0.1, 0.15) is 37.6 Å².